The van der Waals surface area contributed by atoms with Crippen LogP contribution in [0.2, 0.25) is 0 Å². The monoisotopic (exact) mass is 333 g/mol. The van der Waals surface area contributed by atoms with Crippen LogP contribution in [0.4, 0.5) is 4.39 Å². The first-order valence-corrected chi connectivity index (χ1v) is 7.91. The summed E-state index contributed by atoms with van der Waals surface area (Å²) in [5.74, 6) is -0.518. The van der Waals surface area contributed by atoms with Crippen LogP contribution in [0.25, 0.3) is 0 Å². The lowest BCUT2D eigenvalue weighted by atomic mass is 10.1. The highest BCUT2D eigenvalue weighted by molar-refractivity contribution is 5.92. The van der Waals surface area contributed by atoms with Gasteiger partial charge in [0.05, 0.1) is 12.4 Å². The Morgan fingerprint density at radius 2 is 2.08 bits per heavy atom. The number of aliphatic hydroxyl groups is 1. The Kier molecular flexibility index (Phi) is 4.80. The molecule has 24 heavy (non-hydrogen) atoms. The number of carbonyl (C=O) groups excluding carboxylic acids is 1. The van der Waals surface area contributed by atoms with Gasteiger partial charge in [-0.3, -0.25) is 4.79 Å². The van der Waals surface area contributed by atoms with Crippen LogP contribution < -0.4 is 4.74 Å². The normalized spacial score (nSPS) is 21.4. The first kappa shape index (κ1) is 16.4. The molecule has 0 radical (unpaired) electrons. The third-order valence-electron chi connectivity index (χ3n) is 4.13. The molecule has 6 nitrogen and oxygen atoms in total. The van der Waals surface area contributed by atoms with Crippen molar-refractivity contribution in [1.82, 2.24) is 14.5 Å². The van der Waals surface area contributed by atoms with E-state index in [2.05, 4.69) is 4.98 Å². The number of benzene rings is 1. The van der Waals surface area contributed by atoms with Crippen LogP contribution in [0, 0.1) is 5.82 Å². The van der Waals surface area contributed by atoms with Gasteiger partial charge < -0.3 is 19.3 Å². The molecular weight excluding hydrogens is 313 g/mol. The van der Waals surface area contributed by atoms with Crippen molar-refractivity contribution < 1.29 is 19.0 Å². The molecule has 1 aromatic heterocycles. The number of rotatable bonds is 3. The second-order valence-corrected chi connectivity index (χ2v) is 5.95. The van der Waals surface area contributed by atoms with E-state index >= 15 is 0 Å². The van der Waals surface area contributed by atoms with Gasteiger partial charge in [0.1, 0.15) is 11.8 Å². The van der Waals surface area contributed by atoms with E-state index in [1.54, 1.807) is 41.2 Å². The van der Waals surface area contributed by atoms with Crippen molar-refractivity contribution in [2.45, 2.75) is 25.0 Å². The molecule has 1 saturated heterocycles. The molecule has 0 saturated carbocycles. The smallest absolute Gasteiger partial charge is 0.274 e. The molecule has 128 valence electrons. The zero-order chi connectivity index (χ0) is 17.1. The van der Waals surface area contributed by atoms with Crippen molar-refractivity contribution in [3.63, 3.8) is 0 Å². The molecule has 7 heteroatoms. The second kappa shape index (κ2) is 7.00. The second-order valence-electron chi connectivity index (χ2n) is 5.95. The van der Waals surface area contributed by atoms with E-state index < -0.39 is 18.0 Å². The van der Waals surface area contributed by atoms with E-state index in [-0.39, 0.29) is 11.7 Å². The Hall–Kier alpha value is -2.41. The van der Waals surface area contributed by atoms with Crippen LogP contribution in [0.1, 0.15) is 23.3 Å². The molecule has 0 spiro atoms. The number of hydrogen-bond donors (Lipinski definition) is 1. The van der Waals surface area contributed by atoms with Gasteiger partial charge in [0.25, 0.3) is 5.91 Å². The van der Waals surface area contributed by atoms with Crippen molar-refractivity contribution in [3.8, 4) is 5.75 Å². The molecule has 2 atom stereocenters. The summed E-state index contributed by atoms with van der Waals surface area (Å²) in [6, 6.07) is 6.11. The van der Waals surface area contributed by atoms with E-state index in [4.69, 9.17) is 4.74 Å². The highest BCUT2D eigenvalue weighted by Crippen LogP contribution is 2.22. The topological polar surface area (TPSA) is 67.6 Å². The summed E-state index contributed by atoms with van der Waals surface area (Å²) in [5.41, 5.74) is 0.375. The minimum Gasteiger partial charge on any atom is -0.485 e. The van der Waals surface area contributed by atoms with Gasteiger partial charge in [-0.05, 0) is 18.6 Å². The number of carbonyl (C=O) groups is 1. The Morgan fingerprint density at radius 1 is 1.33 bits per heavy atom. The van der Waals surface area contributed by atoms with Crippen molar-refractivity contribution in [2.24, 2.45) is 7.05 Å². The zero-order valence-electron chi connectivity index (χ0n) is 13.4. The minimum atomic E-state index is -0.758. The maximum Gasteiger partial charge on any atom is 0.274 e. The molecular formula is C17H20FN3O3. The number of amides is 1. The van der Waals surface area contributed by atoms with Crippen molar-refractivity contribution in [3.05, 3.63) is 48.3 Å². The first-order valence-electron chi connectivity index (χ1n) is 7.91. The lowest BCUT2D eigenvalue weighted by molar-refractivity contribution is 0.0328. The summed E-state index contributed by atoms with van der Waals surface area (Å²) in [7, 11) is 1.80. The van der Waals surface area contributed by atoms with Gasteiger partial charge in [0, 0.05) is 32.8 Å². The fraction of sp³-hybridized carbons (Fsp3) is 0.412. The van der Waals surface area contributed by atoms with Crippen molar-refractivity contribution >= 4 is 5.91 Å². The molecule has 0 unspecified atom stereocenters. The summed E-state index contributed by atoms with van der Waals surface area (Å²) in [5, 5.41) is 10.3. The van der Waals surface area contributed by atoms with E-state index in [0.717, 1.165) is 0 Å². The summed E-state index contributed by atoms with van der Waals surface area (Å²) >= 11 is 0. The van der Waals surface area contributed by atoms with Crippen molar-refractivity contribution in [2.75, 3.05) is 13.1 Å². The maximum absolute atomic E-state index is 13.7. The molecule has 1 amide bonds. The van der Waals surface area contributed by atoms with Crippen LogP contribution >= 0.6 is 0 Å². The Labute approximate surface area is 139 Å². The van der Waals surface area contributed by atoms with Gasteiger partial charge >= 0.3 is 0 Å². The summed E-state index contributed by atoms with van der Waals surface area (Å²) in [6.45, 7) is 0.833. The molecule has 1 aliphatic heterocycles. The molecule has 1 aromatic carbocycles. The summed E-state index contributed by atoms with van der Waals surface area (Å²) in [4.78, 5) is 18.2. The van der Waals surface area contributed by atoms with E-state index in [1.807, 2.05) is 0 Å². The average Bonchev–Trinajstić information content (AvgIpc) is 2.92. The standard InChI is InChI=1S/C17H20FN3O3/c1-20-10-13(19-11-20)17(23)21-8-6-14(22)16(7-9-21)24-15-5-3-2-4-12(15)18/h2-5,10-11,14,16,22H,6-9H2,1H3/t14-,16-/m0/s1. The molecule has 1 fully saturated rings. The van der Waals surface area contributed by atoms with E-state index in [1.165, 1.54) is 12.1 Å². The number of aryl methyl sites for hydroxylation is 1. The molecule has 0 bridgehead atoms. The van der Waals surface area contributed by atoms with Gasteiger partial charge in [-0.1, -0.05) is 12.1 Å². The number of aromatic nitrogens is 2. The average molecular weight is 333 g/mol. The highest BCUT2D eigenvalue weighted by atomic mass is 19.1. The van der Waals surface area contributed by atoms with E-state index in [9.17, 15) is 14.3 Å². The van der Waals surface area contributed by atoms with Gasteiger partial charge in [0.2, 0.25) is 0 Å². The molecule has 1 N–H and O–H groups in total. The lowest BCUT2D eigenvalue weighted by Crippen LogP contribution is -2.33. The summed E-state index contributed by atoms with van der Waals surface area (Å²) in [6.07, 6.45) is 2.72. The lowest BCUT2D eigenvalue weighted by Gasteiger charge is -2.21. The number of imidazole rings is 1. The Balaban J connectivity index is 1.67. The molecule has 2 aromatic rings. The molecule has 0 aliphatic carbocycles. The Bertz CT molecular complexity index is 719. The number of para-hydroxylation sites is 1. The first-order chi connectivity index (χ1) is 11.5. The molecule has 3 rings (SSSR count). The van der Waals surface area contributed by atoms with Gasteiger partial charge in [-0.15, -0.1) is 0 Å². The van der Waals surface area contributed by atoms with Crippen LogP contribution in [0.3, 0.4) is 0 Å². The fourth-order valence-corrected chi connectivity index (χ4v) is 2.79. The minimum absolute atomic E-state index is 0.117. The number of halogens is 1. The van der Waals surface area contributed by atoms with Crippen LogP contribution in [0.15, 0.2) is 36.8 Å². The predicted octanol–water partition coefficient (Wildman–Crippen LogP) is 1.60. The largest absolute Gasteiger partial charge is 0.485 e. The summed E-state index contributed by atoms with van der Waals surface area (Å²) < 4.78 is 21.1. The number of aliphatic hydroxyl groups excluding tert-OH is 1. The Morgan fingerprint density at radius 3 is 2.79 bits per heavy atom. The fourth-order valence-electron chi connectivity index (χ4n) is 2.79. The highest BCUT2D eigenvalue weighted by Gasteiger charge is 2.29. The third kappa shape index (κ3) is 3.56. The van der Waals surface area contributed by atoms with Crippen LogP contribution in [-0.4, -0.2) is 50.8 Å². The van der Waals surface area contributed by atoms with Gasteiger partial charge in [0.15, 0.2) is 11.6 Å². The molecule has 1 aliphatic rings. The van der Waals surface area contributed by atoms with Gasteiger partial charge in [-0.25, -0.2) is 9.37 Å². The SMILES string of the molecule is Cn1cnc(C(=O)N2CC[C@H](Oc3ccccc3F)[C@@H](O)CC2)c1. The number of nitrogens with zero attached hydrogens (tertiary/aromatic N) is 3. The van der Waals surface area contributed by atoms with Crippen molar-refractivity contribution in [1.29, 1.82) is 0 Å². The van der Waals surface area contributed by atoms with Crippen LogP contribution in [0.5, 0.6) is 5.75 Å². The quantitative estimate of drug-likeness (QED) is 0.926. The van der Waals surface area contributed by atoms with Crippen LogP contribution in [-0.2, 0) is 7.05 Å². The number of likely N-dealkylation sites (tertiary alicyclic amines) is 1. The maximum atomic E-state index is 13.7. The van der Waals surface area contributed by atoms with E-state index in [0.29, 0.717) is 31.6 Å². The number of hydrogen-bond acceptors (Lipinski definition) is 4. The van der Waals surface area contributed by atoms with Gasteiger partial charge in [-0.2, -0.15) is 0 Å². The third-order valence-corrected chi connectivity index (χ3v) is 4.13. The zero-order valence-corrected chi connectivity index (χ0v) is 13.4. The predicted molar refractivity (Wildman–Crippen MR) is 85.2 cm³/mol. The molecule has 2 heterocycles. The number of ether oxygens (including phenoxy) is 1.